The summed E-state index contributed by atoms with van der Waals surface area (Å²) < 4.78 is 5.73. The molecule has 1 N–H and O–H groups in total. The first-order valence-electron chi connectivity index (χ1n) is 8.54. The van der Waals surface area contributed by atoms with Crippen LogP contribution in [0.3, 0.4) is 0 Å². The van der Waals surface area contributed by atoms with Crippen molar-refractivity contribution < 1.29 is 9.53 Å². The maximum absolute atomic E-state index is 12.6. The lowest BCUT2D eigenvalue weighted by molar-refractivity contribution is 0.0217. The molecule has 4 heterocycles. The monoisotopic (exact) mass is 377 g/mol. The van der Waals surface area contributed by atoms with Crippen LogP contribution in [0.1, 0.15) is 29.6 Å². The van der Waals surface area contributed by atoms with Crippen LogP contribution in [0.25, 0.3) is 0 Å². The summed E-state index contributed by atoms with van der Waals surface area (Å²) in [6.45, 7) is 4.49. The molecule has 7 heteroatoms. The molecular formula is C18H20ClN3O2S. The third-order valence-corrected chi connectivity index (χ3v) is 6.28. The van der Waals surface area contributed by atoms with E-state index in [0.717, 1.165) is 25.9 Å². The van der Waals surface area contributed by atoms with Gasteiger partial charge in [0.05, 0.1) is 6.20 Å². The number of fused-ring (bicyclic) bond motifs is 3. The Labute approximate surface area is 156 Å². The van der Waals surface area contributed by atoms with Crippen molar-refractivity contribution in [1.82, 2.24) is 15.2 Å². The number of hydrogen-bond acceptors (Lipinski definition) is 5. The number of amides is 1. The zero-order valence-electron chi connectivity index (χ0n) is 13.9. The molecule has 5 nitrogen and oxygen atoms in total. The number of aromatic nitrogens is 1. The molecule has 0 radical (unpaired) electrons. The highest BCUT2D eigenvalue weighted by Gasteiger charge is 2.40. The van der Waals surface area contributed by atoms with Crippen LogP contribution in [-0.4, -0.2) is 41.0 Å². The summed E-state index contributed by atoms with van der Waals surface area (Å²) in [5, 5.41) is 4.81. The minimum atomic E-state index is -0.114. The summed E-state index contributed by atoms with van der Waals surface area (Å²) in [6, 6.07) is 7.75. The van der Waals surface area contributed by atoms with Gasteiger partial charge < -0.3 is 10.1 Å². The number of nitrogens with one attached hydrogen (secondary N) is 1. The quantitative estimate of drug-likeness (QED) is 0.880. The Morgan fingerprint density at radius 1 is 1.40 bits per heavy atom. The summed E-state index contributed by atoms with van der Waals surface area (Å²) in [4.78, 5) is 19.3. The molecule has 0 unspecified atom stereocenters. The zero-order valence-corrected chi connectivity index (χ0v) is 15.5. The molecule has 1 aromatic carbocycles. The molecule has 2 atom stereocenters. The normalized spacial score (nSPS) is 27.9. The molecule has 3 fully saturated rings. The summed E-state index contributed by atoms with van der Waals surface area (Å²) in [6.07, 6.45) is 3.91. The van der Waals surface area contributed by atoms with Gasteiger partial charge in [0.1, 0.15) is 5.75 Å². The van der Waals surface area contributed by atoms with Crippen LogP contribution in [-0.2, 0) is 0 Å². The SMILES string of the molecule is C[C@H]1[C@H](NC(=O)c2ncc(Oc3cccc(Cl)c3)s2)C2CCN1CC2. The molecule has 0 spiro atoms. The Morgan fingerprint density at radius 2 is 2.20 bits per heavy atom. The fourth-order valence-electron chi connectivity index (χ4n) is 3.82. The van der Waals surface area contributed by atoms with E-state index in [9.17, 15) is 4.79 Å². The minimum absolute atomic E-state index is 0.114. The van der Waals surface area contributed by atoms with E-state index in [0.29, 0.717) is 32.8 Å². The average molecular weight is 378 g/mol. The topological polar surface area (TPSA) is 54.5 Å². The molecule has 5 rings (SSSR count). The van der Waals surface area contributed by atoms with E-state index in [1.807, 2.05) is 12.1 Å². The van der Waals surface area contributed by atoms with Gasteiger partial charge in [-0.3, -0.25) is 9.69 Å². The lowest BCUT2D eigenvalue weighted by atomic mass is 9.79. The largest absolute Gasteiger partial charge is 0.445 e. The minimum Gasteiger partial charge on any atom is -0.445 e. The number of ether oxygens (including phenoxy) is 1. The number of nitrogens with zero attached hydrogens (tertiary/aromatic N) is 2. The fraction of sp³-hybridized carbons (Fsp3) is 0.444. The zero-order chi connectivity index (χ0) is 17.4. The highest BCUT2D eigenvalue weighted by atomic mass is 35.5. The predicted molar refractivity (Wildman–Crippen MR) is 98.7 cm³/mol. The highest BCUT2D eigenvalue weighted by Crippen LogP contribution is 2.33. The second kappa shape index (κ2) is 6.94. The van der Waals surface area contributed by atoms with Crippen molar-refractivity contribution in [3.8, 4) is 10.8 Å². The van der Waals surface area contributed by atoms with Crippen LogP contribution in [0.15, 0.2) is 30.5 Å². The van der Waals surface area contributed by atoms with Crippen molar-refractivity contribution in [3.05, 3.63) is 40.5 Å². The van der Waals surface area contributed by atoms with Gasteiger partial charge in [0.25, 0.3) is 5.91 Å². The first-order valence-corrected chi connectivity index (χ1v) is 9.74. The Morgan fingerprint density at radius 3 is 2.92 bits per heavy atom. The molecule has 0 saturated carbocycles. The van der Waals surface area contributed by atoms with Crippen LogP contribution in [0.5, 0.6) is 10.8 Å². The van der Waals surface area contributed by atoms with E-state index >= 15 is 0 Å². The van der Waals surface area contributed by atoms with Crippen molar-refractivity contribution in [2.45, 2.75) is 31.8 Å². The molecule has 0 aliphatic carbocycles. The molecular weight excluding hydrogens is 358 g/mol. The van der Waals surface area contributed by atoms with E-state index in [2.05, 4.69) is 22.1 Å². The van der Waals surface area contributed by atoms with Gasteiger partial charge in [0.2, 0.25) is 5.06 Å². The average Bonchev–Trinajstić information content (AvgIpc) is 3.07. The first-order chi connectivity index (χ1) is 12.1. The summed E-state index contributed by atoms with van der Waals surface area (Å²) in [5.41, 5.74) is 0. The van der Waals surface area contributed by atoms with Gasteiger partial charge in [-0.25, -0.2) is 4.98 Å². The fourth-order valence-corrected chi connectivity index (χ4v) is 4.69. The molecule has 3 saturated heterocycles. The van der Waals surface area contributed by atoms with E-state index < -0.39 is 0 Å². The number of rotatable bonds is 4. The summed E-state index contributed by atoms with van der Waals surface area (Å²) in [5.74, 6) is 1.09. The van der Waals surface area contributed by atoms with Crippen molar-refractivity contribution >= 4 is 28.8 Å². The highest BCUT2D eigenvalue weighted by molar-refractivity contribution is 7.15. The predicted octanol–water partition coefficient (Wildman–Crippen LogP) is 3.80. The first kappa shape index (κ1) is 16.8. The second-order valence-corrected chi connectivity index (χ2v) is 8.09. The molecule has 132 valence electrons. The Bertz CT molecular complexity index is 771. The van der Waals surface area contributed by atoms with Gasteiger partial charge >= 0.3 is 0 Å². The molecule has 3 aliphatic rings. The summed E-state index contributed by atoms with van der Waals surface area (Å²) >= 11 is 7.21. The number of thiazole rings is 1. The number of carbonyl (C=O) groups is 1. The van der Waals surface area contributed by atoms with Crippen molar-refractivity contribution in [1.29, 1.82) is 0 Å². The molecule has 1 aromatic heterocycles. The molecule has 25 heavy (non-hydrogen) atoms. The van der Waals surface area contributed by atoms with E-state index in [4.69, 9.17) is 16.3 Å². The maximum atomic E-state index is 12.6. The van der Waals surface area contributed by atoms with Crippen LogP contribution >= 0.6 is 22.9 Å². The van der Waals surface area contributed by atoms with Crippen molar-refractivity contribution in [2.75, 3.05) is 13.1 Å². The molecule has 3 aliphatic heterocycles. The van der Waals surface area contributed by atoms with E-state index in [1.165, 1.54) is 11.3 Å². The lowest BCUT2D eigenvalue weighted by Crippen LogP contribution is -2.62. The smallest absolute Gasteiger partial charge is 0.280 e. The molecule has 2 bridgehead atoms. The number of hydrogen-bond donors (Lipinski definition) is 1. The number of piperidine rings is 3. The third-order valence-electron chi connectivity index (χ3n) is 5.17. The number of carbonyl (C=O) groups excluding carboxylic acids is 1. The van der Waals surface area contributed by atoms with Gasteiger partial charge in [-0.05, 0) is 57.0 Å². The Balaban J connectivity index is 1.42. The molecule has 1 amide bonds. The third kappa shape index (κ3) is 3.52. The molecule has 2 aromatic rings. The number of benzene rings is 1. The van der Waals surface area contributed by atoms with Crippen LogP contribution < -0.4 is 10.1 Å². The van der Waals surface area contributed by atoms with Crippen LogP contribution in [0.2, 0.25) is 5.02 Å². The Hall–Kier alpha value is -1.63. The Kier molecular flexibility index (Phi) is 4.67. The van der Waals surface area contributed by atoms with Gasteiger partial charge in [-0.1, -0.05) is 29.0 Å². The number of halogens is 1. The summed E-state index contributed by atoms with van der Waals surface area (Å²) in [7, 11) is 0. The van der Waals surface area contributed by atoms with Crippen molar-refractivity contribution in [3.63, 3.8) is 0 Å². The maximum Gasteiger partial charge on any atom is 0.280 e. The van der Waals surface area contributed by atoms with E-state index in [-0.39, 0.29) is 11.9 Å². The van der Waals surface area contributed by atoms with Crippen LogP contribution in [0, 0.1) is 5.92 Å². The van der Waals surface area contributed by atoms with Gasteiger partial charge in [-0.15, -0.1) is 0 Å². The lowest BCUT2D eigenvalue weighted by Gasteiger charge is -2.49. The van der Waals surface area contributed by atoms with Crippen LogP contribution in [0.4, 0.5) is 0 Å². The van der Waals surface area contributed by atoms with Gasteiger partial charge in [0.15, 0.2) is 5.01 Å². The van der Waals surface area contributed by atoms with Gasteiger partial charge in [-0.2, -0.15) is 0 Å². The van der Waals surface area contributed by atoms with Crippen molar-refractivity contribution in [2.24, 2.45) is 5.92 Å². The standard InChI is InChI=1S/C18H20ClN3O2S/c1-11-16(12-5-7-22(11)8-6-12)21-17(23)18-20-10-15(25-18)24-14-4-2-3-13(19)9-14/h2-4,9-12,16H,5-8H2,1H3,(H,21,23)/t11-,16-/m0/s1. The second-order valence-electron chi connectivity index (χ2n) is 6.66. The van der Waals surface area contributed by atoms with E-state index in [1.54, 1.807) is 18.3 Å². The van der Waals surface area contributed by atoms with Gasteiger partial charge in [0, 0.05) is 17.1 Å².